The molecule has 1 aliphatic rings. The molecule has 1 aliphatic heterocycles. The van der Waals surface area contributed by atoms with Crippen molar-refractivity contribution in [2.75, 3.05) is 18.0 Å². The van der Waals surface area contributed by atoms with Crippen LogP contribution in [0, 0.1) is 0 Å². The lowest BCUT2D eigenvalue weighted by molar-refractivity contribution is -0.137. The third-order valence-corrected chi connectivity index (χ3v) is 3.24. The summed E-state index contributed by atoms with van der Waals surface area (Å²) in [7, 11) is 0. The largest absolute Gasteiger partial charge is 0.418 e. The highest BCUT2D eigenvalue weighted by Gasteiger charge is 2.43. The predicted octanol–water partition coefficient (Wildman–Crippen LogP) is 3.06. The Kier molecular flexibility index (Phi) is 3.27. The van der Waals surface area contributed by atoms with Gasteiger partial charge in [-0.25, -0.2) is 0 Å². The van der Waals surface area contributed by atoms with E-state index >= 15 is 0 Å². The van der Waals surface area contributed by atoms with Crippen molar-refractivity contribution in [3.8, 4) is 0 Å². The van der Waals surface area contributed by atoms with Gasteiger partial charge in [0.2, 0.25) is 0 Å². The lowest BCUT2D eigenvalue weighted by atomic mass is 9.88. The van der Waals surface area contributed by atoms with Crippen LogP contribution in [0.4, 0.5) is 18.9 Å². The number of anilines is 1. The topological polar surface area (TPSA) is 23.5 Å². The molecule has 1 aromatic rings. The van der Waals surface area contributed by atoms with Crippen LogP contribution in [0.15, 0.2) is 24.3 Å². The Morgan fingerprint density at radius 3 is 2.44 bits per heavy atom. The Hall–Kier alpha value is -1.23. The summed E-state index contributed by atoms with van der Waals surface area (Å²) in [6.45, 7) is 2.49. The van der Waals surface area contributed by atoms with Crippen molar-refractivity contribution in [1.82, 2.24) is 0 Å². The third-order valence-electron chi connectivity index (χ3n) is 3.24. The van der Waals surface area contributed by atoms with Crippen molar-refractivity contribution in [3.05, 3.63) is 29.8 Å². The minimum atomic E-state index is -4.35. The summed E-state index contributed by atoms with van der Waals surface area (Å²) in [4.78, 5) is 1.58. The zero-order valence-corrected chi connectivity index (χ0v) is 10.2. The first kappa shape index (κ1) is 13.2. The Bertz CT molecular complexity index is 424. The number of rotatable bonds is 3. The van der Waals surface area contributed by atoms with Crippen LogP contribution in [0.1, 0.15) is 25.3 Å². The molecule has 0 bridgehead atoms. The number of benzene rings is 1. The van der Waals surface area contributed by atoms with E-state index in [0.29, 0.717) is 6.42 Å². The van der Waals surface area contributed by atoms with Crippen molar-refractivity contribution in [2.45, 2.75) is 31.5 Å². The van der Waals surface area contributed by atoms with Crippen molar-refractivity contribution in [1.29, 1.82) is 0 Å². The highest BCUT2D eigenvalue weighted by Crippen LogP contribution is 2.40. The highest BCUT2D eigenvalue weighted by atomic mass is 19.4. The summed E-state index contributed by atoms with van der Waals surface area (Å²) >= 11 is 0. The zero-order valence-electron chi connectivity index (χ0n) is 10.2. The minimum absolute atomic E-state index is 0.158. The van der Waals surface area contributed by atoms with E-state index in [0.717, 1.165) is 12.5 Å². The average Bonchev–Trinajstić information content (AvgIpc) is 2.25. The standard InChI is InChI=1S/C13H16F3NO/c1-2-7-12(18)8-17(9-12)11-6-4-3-5-10(11)13(14,15)16/h3-6,18H,2,7-9H2,1H3. The Morgan fingerprint density at radius 1 is 1.28 bits per heavy atom. The van der Waals surface area contributed by atoms with E-state index in [9.17, 15) is 18.3 Å². The molecule has 1 heterocycles. The SMILES string of the molecule is CCCC1(O)CN(c2ccccc2C(F)(F)F)C1. The van der Waals surface area contributed by atoms with Gasteiger partial charge in [-0.15, -0.1) is 0 Å². The van der Waals surface area contributed by atoms with Crippen molar-refractivity contribution < 1.29 is 18.3 Å². The second-order valence-corrected chi connectivity index (χ2v) is 4.85. The van der Waals surface area contributed by atoms with Gasteiger partial charge in [-0.3, -0.25) is 0 Å². The van der Waals surface area contributed by atoms with E-state index in [1.54, 1.807) is 11.0 Å². The molecule has 0 aliphatic carbocycles. The number of aliphatic hydroxyl groups is 1. The lowest BCUT2D eigenvalue weighted by Crippen LogP contribution is -2.62. The summed E-state index contributed by atoms with van der Waals surface area (Å²) in [5.41, 5.74) is -1.30. The molecule has 5 heteroatoms. The van der Waals surface area contributed by atoms with Crippen molar-refractivity contribution in [2.24, 2.45) is 0 Å². The molecular formula is C13H16F3NO. The number of alkyl halides is 3. The van der Waals surface area contributed by atoms with Crippen LogP contribution in [0.3, 0.4) is 0 Å². The molecule has 0 aromatic heterocycles. The van der Waals surface area contributed by atoms with E-state index in [4.69, 9.17) is 0 Å². The highest BCUT2D eigenvalue weighted by molar-refractivity contribution is 5.57. The first-order valence-electron chi connectivity index (χ1n) is 5.99. The number of β-amino-alcohol motifs (C(OH)–C–C–N with tert-alkyl or cyclic N) is 1. The molecule has 1 N–H and O–H groups in total. The van der Waals surface area contributed by atoms with Crippen molar-refractivity contribution >= 4 is 5.69 Å². The zero-order chi connectivity index (χ0) is 13.4. The van der Waals surface area contributed by atoms with Gasteiger partial charge in [0.05, 0.1) is 11.2 Å². The van der Waals surface area contributed by atoms with Gasteiger partial charge >= 0.3 is 6.18 Å². The molecule has 0 spiro atoms. The van der Waals surface area contributed by atoms with Gasteiger partial charge in [0.1, 0.15) is 0 Å². The maximum atomic E-state index is 12.8. The van der Waals surface area contributed by atoms with Crippen LogP contribution in [-0.4, -0.2) is 23.8 Å². The van der Waals surface area contributed by atoms with Crippen LogP contribution < -0.4 is 4.90 Å². The van der Waals surface area contributed by atoms with Crippen LogP contribution >= 0.6 is 0 Å². The average molecular weight is 259 g/mol. The van der Waals surface area contributed by atoms with E-state index in [2.05, 4.69) is 0 Å². The number of para-hydroxylation sites is 1. The van der Waals surface area contributed by atoms with Gasteiger partial charge in [0, 0.05) is 18.8 Å². The van der Waals surface area contributed by atoms with Crippen molar-refractivity contribution in [3.63, 3.8) is 0 Å². The Morgan fingerprint density at radius 2 is 1.89 bits per heavy atom. The van der Waals surface area contributed by atoms with Gasteiger partial charge in [0.15, 0.2) is 0 Å². The first-order valence-corrected chi connectivity index (χ1v) is 5.99. The fraction of sp³-hybridized carbons (Fsp3) is 0.538. The smallest absolute Gasteiger partial charge is 0.386 e. The summed E-state index contributed by atoms with van der Waals surface area (Å²) < 4.78 is 38.5. The molecule has 0 saturated carbocycles. The minimum Gasteiger partial charge on any atom is -0.386 e. The Labute approximate surface area is 104 Å². The molecule has 1 aromatic carbocycles. The molecule has 0 unspecified atom stereocenters. The lowest BCUT2D eigenvalue weighted by Gasteiger charge is -2.48. The maximum Gasteiger partial charge on any atom is 0.418 e. The first-order chi connectivity index (χ1) is 8.36. The van der Waals surface area contributed by atoms with Crippen LogP contribution in [0.5, 0.6) is 0 Å². The maximum absolute atomic E-state index is 12.8. The van der Waals surface area contributed by atoms with E-state index in [1.165, 1.54) is 12.1 Å². The molecular weight excluding hydrogens is 243 g/mol. The second kappa shape index (κ2) is 4.46. The molecule has 0 amide bonds. The molecule has 1 fully saturated rings. The molecule has 0 radical (unpaired) electrons. The molecule has 2 nitrogen and oxygen atoms in total. The second-order valence-electron chi connectivity index (χ2n) is 4.85. The summed E-state index contributed by atoms with van der Waals surface area (Å²) in [5.74, 6) is 0. The number of halogens is 3. The molecule has 1 saturated heterocycles. The monoisotopic (exact) mass is 259 g/mol. The molecule has 18 heavy (non-hydrogen) atoms. The van der Waals surface area contributed by atoms with Crippen LogP contribution in [0.25, 0.3) is 0 Å². The van der Waals surface area contributed by atoms with Crippen LogP contribution in [0.2, 0.25) is 0 Å². The van der Waals surface area contributed by atoms with E-state index < -0.39 is 17.3 Å². The van der Waals surface area contributed by atoms with E-state index in [-0.39, 0.29) is 18.8 Å². The molecule has 0 atom stereocenters. The number of hydrogen-bond acceptors (Lipinski definition) is 2. The van der Waals surface area contributed by atoms with Crippen LogP contribution in [-0.2, 0) is 6.18 Å². The fourth-order valence-electron chi connectivity index (χ4n) is 2.45. The molecule has 2 rings (SSSR count). The van der Waals surface area contributed by atoms with Gasteiger partial charge in [-0.1, -0.05) is 25.5 Å². The third kappa shape index (κ3) is 2.46. The predicted molar refractivity (Wildman–Crippen MR) is 63.5 cm³/mol. The Balaban J connectivity index is 2.17. The number of nitrogens with zero attached hydrogens (tertiary/aromatic N) is 1. The normalized spacial score (nSPS) is 18.6. The van der Waals surface area contributed by atoms with Gasteiger partial charge in [-0.2, -0.15) is 13.2 Å². The summed E-state index contributed by atoms with van der Waals surface area (Å²) in [6, 6.07) is 5.49. The summed E-state index contributed by atoms with van der Waals surface area (Å²) in [5, 5.41) is 10.0. The molecule has 100 valence electrons. The quantitative estimate of drug-likeness (QED) is 0.901. The summed E-state index contributed by atoms with van der Waals surface area (Å²) in [6.07, 6.45) is -2.90. The fourth-order valence-corrected chi connectivity index (χ4v) is 2.45. The number of hydrogen-bond donors (Lipinski definition) is 1. The van der Waals surface area contributed by atoms with Gasteiger partial charge in [0.25, 0.3) is 0 Å². The van der Waals surface area contributed by atoms with Gasteiger partial charge in [-0.05, 0) is 18.6 Å². The van der Waals surface area contributed by atoms with E-state index in [1.807, 2.05) is 6.92 Å². The van der Waals surface area contributed by atoms with Gasteiger partial charge < -0.3 is 10.0 Å².